The lowest BCUT2D eigenvalue weighted by molar-refractivity contribution is 0.152. The van der Waals surface area contributed by atoms with Crippen LogP contribution in [0.25, 0.3) is 0 Å². The van der Waals surface area contributed by atoms with Crippen LogP contribution in [0.5, 0.6) is 0 Å². The Morgan fingerprint density at radius 3 is 1.76 bits per heavy atom. The summed E-state index contributed by atoms with van der Waals surface area (Å²) in [6.07, 6.45) is 27.5. The van der Waals surface area contributed by atoms with Gasteiger partial charge in [0.25, 0.3) is 0 Å². The Labute approximate surface area is 211 Å². The third kappa shape index (κ3) is 7.51. The quantitative estimate of drug-likeness (QED) is 0.356. The lowest BCUT2D eigenvalue weighted by Crippen LogP contribution is -2.25. The van der Waals surface area contributed by atoms with E-state index in [1.807, 2.05) is 0 Å². The maximum Gasteiger partial charge on any atom is 0.0249 e. The lowest BCUT2D eigenvalue weighted by atomic mass is 9.69. The maximum atomic E-state index is 3.38. The van der Waals surface area contributed by atoms with Crippen LogP contribution in [0.3, 0.4) is 0 Å². The first-order valence-corrected chi connectivity index (χ1v) is 15.0. The molecule has 34 heavy (non-hydrogen) atoms. The van der Waals surface area contributed by atoms with Crippen LogP contribution >= 0.6 is 0 Å². The Morgan fingerprint density at radius 1 is 0.676 bits per heavy atom. The molecule has 0 atom stereocenters. The number of benzene rings is 1. The summed E-state index contributed by atoms with van der Waals surface area (Å²) in [5.41, 5.74) is 2.70. The summed E-state index contributed by atoms with van der Waals surface area (Å²) < 4.78 is 0. The van der Waals surface area contributed by atoms with Crippen LogP contribution in [0, 0.1) is 41.4 Å². The van der Waals surface area contributed by atoms with Crippen LogP contribution in [-0.2, 0) is 0 Å². The molecule has 0 heterocycles. The minimum Gasteiger partial charge on any atom is -0.0730 e. The van der Waals surface area contributed by atoms with Gasteiger partial charge in [-0.05, 0) is 123 Å². The molecule has 0 spiro atoms. The molecular weight excluding hydrogens is 408 g/mol. The predicted octanol–water partition coefficient (Wildman–Crippen LogP) is 10.1. The van der Waals surface area contributed by atoms with E-state index in [1.54, 1.807) is 0 Å². The van der Waals surface area contributed by atoms with Crippen molar-refractivity contribution in [2.24, 2.45) is 29.6 Å². The van der Waals surface area contributed by atoms with Gasteiger partial charge in [-0.1, -0.05) is 82.4 Å². The van der Waals surface area contributed by atoms with Crippen molar-refractivity contribution in [3.05, 3.63) is 47.5 Å². The highest BCUT2D eigenvalue weighted by Gasteiger charge is 2.30. The van der Waals surface area contributed by atoms with Crippen molar-refractivity contribution in [3.8, 4) is 11.8 Å². The fraction of sp³-hybridized carbons (Fsp3) is 0.706. The highest BCUT2D eigenvalue weighted by molar-refractivity contribution is 5.39. The fourth-order valence-electron chi connectivity index (χ4n) is 7.51. The van der Waals surface area contributed by atoms with Gasteiger partial charge >= 0.3 is 0 Å². The van der Waals surface area contributed by atoms with E-state index in [0.29, 0.717) is 0 Å². The zero-order chi connectivity index (χ0) is 23.6. The smallest absolute Gasteiger partial charge is 0.0249 e. The zero-order valence-corrected chi connectivity index (χ0v) is 22.2. The van der Waals surface area contributed by atoms with Gasteiger partial charge in [0.15, 0.2) is 0 Å². The summed E-state index contributed by atoms with van der Waals surface area (Å²) in [6.45, 7) is 4.67. The van der Waals surface area contributed by atoms with Crippen LogP contribution in [0.15, 0.2) is 36.4 Å². The van der Waals surface area contributed by atoms with Gasteiger partial charge in [-0.2, -0.15) is 0 Å². The lowest BCUT2D eigenvalue weighted by Gasteiger charge is -2.37. The van der Waals surface area contributed by atoms with Gasteiger partial charge in [-0.3, -0.25) is 0 Å². The second kappa shape index (κ2) is 13.6. The molecule has 3 aliphatic carbocycles. The second-order valence-corrected chi connectivity index (χ2v) is 12.0. The highest BCUT2D eigenvalue weighted by atomic mass is 14.4. The molecule has 0 aromatic heterocycles. The van der Waals surface area contributed by atoms with Crippen molar-refractivity contribution in [2.45, 2.75) is 122 Å². The van der Waals surface area contributed by atoms with Crippen LogP contribution in [0.4, 0.5) is 0 Å². The maximum absolute atomic E-state index is 3.38. The first-order valence-electron chi connectivity index (χ1n) is 15.0. The largest absolute Gasteiger partial charge is 0.0730 e. The molecule has 3 fully saturated rings. The van der Waals surface area contributed by atoms with E-state index < -0.39 is 0 Å². The monoisotopic (exact) mass is 458 g/mol. The molecule has 0 nitrogen and oxygen atoms in total. The summed E-state index contributed by atoms with van der Waals surface area (Å²) in [5.74, 6) is 12.3. The Kier molecular flexibility index (Phi) is 10.2. The summed E-state index contributed by atoms with van der Waals surface area (Å²) in [6, 6.07) is 9.18. The van der Waals surface area contributed by atoms with Gasteiger partial charge in [0.2, 0.25) is 0 Å². The summed E-state index contributed by atoms with van der Waals surface area (Å²) in [5, 5.41) is 0. The SMILES string of the molecule is CCCC1CCC(c2ccc(C#CC=CC3CCC(C4CCC(CCC)CC4)CC3)cc2)CC1. The molecule has 0 aliphatic heterocycles. The molecule has 4 rings (SSSR count). The van der Waals surface area contributed by atoms with Crippen molar-refractivity contribution >= 4 is 0 Å². The number of allylic oxidation sites excluding steroid dienone is 2. The van der Waals surface area contributed by atoms with Crippen LogP contribution < -0.4 is 0 Å². The third-order valence-electron chi connectivity index (χ3n) is 9.67. The minimum atomic E-state index is 0.757. The first kappa shape index (κ1) is 25.6. The fourth-order valence-corrected chi connectivity index (χ4v) is 7.51. The summed E-state index contributed by atoms with van der Waals surface area (Å²) >= 11 is 0. The molecular formula is C34H50. The molecule has 3 aliphatic rings. The highest BCUT2D eigenvalue weighted by Crippen LogP contribution is 2.42. The van der Waals surface area contributed by atoms with Crippen molar-refractivity contribution in [1.82, 2.24) is 0 Å². The van der Waals surface area contributed by atoms with Crippen LogP contribution in [0.2, 0.25) is 0 Å². The van der Waals surface area contributed by atoms with Gasteiger partial charge in [0.1, 0.15) is 0 Å². The predicted molar refractivity (Wildman–Crippen MR) is 148 cm³/mol. The normalized spacial score (nSPS) is 32.3. The van der Waals surface area contributed by atoms with Crippen molar-refractivity contribution < 1.29 is 0 Å². The molecule has 0 radical (unpaired) electrons. The average molecular weight is 459 g/mol. The summed E-state index contributed by atoms with van der Waals surface area (Å²) in [7, 11) is 0. The van der Waals surface area contributed by atoms with Crippen molar-refractivity contribution in [1.29, 1.82) is 0 Å². The van der Waals surface area contributed by atoms with E-state index in [4.69, 9.17) is 0 Å². The van der Waals surface area contributed by atoms with Crippen molar-refractivity contribution in [3.63, 3.8) is 0 Å². The van der Waals surface area contributed by atoms with Gasteiger partial charge in [0, 0.05) is 5.56 Å². The molecule has 1 aromatic carbocycles. The van der Waals surface area contributed by atoms with Gasteiger partial charge < -0.3 is 0 Å². The van der Waals surface area contributed by atoms with E-state index in [0.717, 1.165) is 41.1 Å². The van der Waals surface area contributed by atoms with Crippen LogP contribution in [0.1, 0.15) is 134 Å². The molecule has 0 N–H and O–H groups in total. The molecule has 0 heteroatoms. The Hall–Kier alpha value is -1.48. The standard InChI is InChI=1S/C34H50/c1-3-7-27-11-19-31(20-12-27)33-23-15-29(16-24-33)9-5-6-10-30-17-25-34(26-18-30)32-21-13-28(8-4-2)14-22-32/h5,9,17-18,25-29,31-33H,3-4,7-8,11-16,19-24H2,1-2H3. The van der Waals surface area contributed by atoms with E-state index in [-0.39, 0.29) is 0 Å². The third-order valence-corrected chi connectivity index (χ3v) is 9.67. The second-order valence-electron chi connectivity index (χ2n) is 12.0. The number of rotatable bonds is 7. The van der Waals surface area contributed by atoms with Gasteiger partial charge in [-0.15, -0.1) is 0 Å². The molecule has 0 saturated heterocycles. The summed E-state index contributed by atoms with van der Waals surface area (Å²) in [4.78, 5) is 0. The molecule has 0 unspecified atom stereocenters. The van der Waals surface area contributed by atoms with Gasteiger partial charge in [0.05, 0.1) is 0 Å². The zero-order valence-electron chi connectivity index (χ0n) is 22.2. The Balaban J connectivity index is 1.17. The van der Waals surface area contributed by atoms with Crippen molar-refractivity contribution in [2.75, 3.05) is 0 Å². The van der Waals surface area contributed by atoms with E-state index in [1.165, 1.54) is 108 Å². The molecule has 1 aromatic rings. The molecule has 0 bridgehead atoms. The van der Waals surface area contributed by atoms with E-state index in [2.05, 4.69) is 62.1 Å². The average Bonchev–Trinajstić information content (AvgIpc) is 2.89. The number of hydrogen-bond donors (Lipinski definition) is 0. The Bertz CT molecular complexity index is 779. The van der Waals surface area contributed by atoms with Gasteiger partial charge in [-0.25, -0.2) is 0 Å². The molecule has 0 amide bonds. The number of hydrogen-bond acceptors (Lipinski definition) is 0. The molecule has 3 saturated carbocycles. The van der Waals surface area contributed by atoms with Crippen LogP contribution in [-0.4, -0.2) is 0 Å². The topological polar surface area (TPSA) is 0 Å². The van der Waals surface area contributed by atoms with E-state index >= 15 is 0 Å². The Morgan fingerprint density at radius 2 is 1.21 bits per heavy atom. The molecule has 186 valence electrons. The minimum absolute atomic E-state index is 0.757. The van der Waals surface area contributed by atoms with E-state index in [9.17, 15) is 0 Å². The first-order chi connectivity index (χ1) is 16.7.